The van der Waals surface area contributed by atoms with Crippen LogP contribution in [0.4, 0.5) is 10.1 Å². The van der Waals surface area contributed by atoms with Crippen molar-refractivity contribution in [3.63, 3.8) is 0 Å². The summed E-state index contributed by atoms with van der Waals surface area (Å²) in [5.74, 6) is 0.979. The second-order valence-electron chi connectivity index (χ2n) is 8.64. The number of benzene rings is 2. The molecule has 11 heteroatoms. The lowest BCUT2D eigenvalue weighted by molar-refractivity contribution is 0.171. The Balaban J connectivity index is 1.52. The van der Waals surface area contributed by atoms with E-state index in [1.54, 1.807) is 37.1 Å². The molecule has 0 aliphatic carbocycles. The van der Waals surface area contributed by atoms with Crippen LogP contribution in [0.5, 0.6) is 5.75 Å². The average Bonchev–Trinajstić information content (AvgIpc) is 3.36. The molecular formula is C25H28FN7O3. The lowest BCUT2D eigenvalue weighted by Gasteiger charge is -2.39. The first-order valence-electron chi connectivity index (χ1n) is 11.8. The molecule has 36 heavy (non-hydrogen) atoms. The minimum absolute atomic E-state index is 0.224. The summed E-state index contributed by atoms with van der Waals surface area (Å²) in [6, 6.07) is 13.7. The topological polar surface area (TPSA) is 101 Å². The van der Waals surface area contributed by atoms with Gasteiger partial charge in [-0.05, 0) is 46.1 Å². The van der Waals surface area contributed by atoms with Crippen LogP contribution in [0.25, 0.3) is 10.9 Å². The van der Waals surface area contributed by atoms with Crippen LogP contribution >= 0.6 is 0 Å². The number of piperazine rings is 1. The molecule has 2 aromatic carbocycles. The molecule has 1 atom stereocenters. The largest absolute Gasteiger partial charge is 0.497 e. The number of rotatable bonds is 8. The van der Waals surface area contributed by atoms with Crippen molar-refractivity contribution in [2.75, 3.05) is 51.9 Å². The van der Waals surface area contributed by atoms with Crippen molar-refractivity contribution >= 4 is 16.6 Å². The number of nitrogens with zero attached hydrogens (tertiary/aromatic N) is 6. The summed E-state index contributed by atoms with van der Waals surface area (Å²) in [7, 11) is 3.20. The van der Waals surface area contributed by atoms with Crippen LogP contribution < -0.4 is 15.2 Å². The van der Waals surface area contributed by atoms with E-state index in [-0.39, 0.29) is 11.4 Å². The molecule has 0 bridgehead atoms. The zero-order valence-corrected chi connectivity index (χ0v) is 20.2. The Kier molecular flexibility index (Phi) is 6.92. The number of aromatic amines is 1. The number of para-hydroxylation sites is 1. The molecule has 1 unspecified atom stereocenters. The fourth-order valence-electron chi connectivity index (χ4n) is 4.70. The van der Waals surface area contributed by atoms with Gasteiger partial charge in [-0.1, -0.05) is 12.1 Å². The van der Waals surface area contributed by atoms with Gasteiger partial charge in [-0.2, -0.15) is 0 Å². The van der Waals surface area contributed by atoms with Crippen molar-refractivity contribution in [1.82, 2.24) is 30.1 Å². The van der Waals surface area contributed by atoms with Crippen molar-refractivity contribution < 1.29 is 13.9 Å². The van der Waals surface area contributed by atoms with Crippen molar-refractivity contribution in [2.45, 2.75) is 12.6 Å². The first-order chi connectivity index (χ1) is 17.6. The summed E-state index contributed by atoms with van der Waals surface area (Å²) < 4.78 is 26.6. The Morgan fingerprint density at radius 1 is 1.08 bits per heavy atom. The summed E-state index contributed by atoms with van der Waals surface area (Å²) in [5.41, 5.74) is 1.58. The van der Waals surface area contributed by atoms with Crippen LogP contribution in [0, 0.1) is 5.82 Å². The Morgan fingerprint density at radius 2 is 1.89 bits per heavy atom. The number of methoxy groups -OCH3 is 2. The van der Waals surface area contributed by atoms with Crippen molar-refractivity contribution in [3.05, 3.63) is 76.1 Å². The normalized spacial score (nSPS) is 15.4. The number of ether oxygens (including phenoxy) is 2. The highest BCUT2D eigenvalue weighted by Crippen LogP contribution is 2.30. The SMILES string of the molecule is COCCn1nnnc1C(c1cc2ccc(OC)cc2[nH]c1=O)N1CCN(c2ccccc2F)CC1. The molecule has 5 rings (SSSR count). The quantitative estimate of drug-likeness (QED) is 0.399. The standard InChI is InChI=1S/C25H28FN7O3/c1-35-14-13-33-24(28-29-30-33)23(19-15-17-7-8-18(36-2)16-21(17)27-25(19)34)32-11-9-31(10-12-32)22-6-4-3-5-20(22)26/h3-8,15-16,23H,9-14H2,1-2H3,(H,27,34). The van der Waals surface area contributed by atoms with Crippen LogP contribution in [-0.4, -0.2) is 77.1 Å². The Morgan fingerprint density at radius 3 is 2.64 bits per heavy atom. The minimum atomic E-state index is -0.491. The number of hydrogen-bond donors (Lipinski definition) is 1. The molecule has 0 spiro atoms. The van der Waals surface area contributed by atoms with Gasteiger partial charge in [0, 0.05) is 44.9 Å². The van der Waals surface area contributed by atoms with Crippen molar-refractivity contribution in [3.8, 4) is 5.75 Å². The van der Waals surface area contributed by atoms with Gasteiger partial charge in [0.1, 0.15) is 17.6 Å². The summed E-state index contributed by atoms with van der Waals surface area (Å²) in [6.45, 7) is 3.26. The number of tetrazole rings is 1. The maximum Gasteiger partial charge on any atom is 0.253 e. The second-order valence-corrected chi connectivity index (χ2v) is 8.64. The van der Waals surface area contributed by atoms with E-state index >= 15 is 0 Å². The Hall–Kier alpha value is -3.83. The zero-order valence-electron chi connectivity index (χ0n) is 20.2. The van der Waals surface area contributed by atoms with Gasteiger partial charge < -0.3 is 19.4 Å². The number of nitrogens with one attached hydrogen (secondary N) is 1. The summed E-state index contributed by atoms with van der Waals surface area (Å²) in [6.07, 6.45) is 0. The van der Waals surface area contributed by atoms with Crippen LogP contribution in [0.3, 0.4) is 0 Å². The molecule has 0 amide bonds. The van der Waals surface area contributed by atoms with E-state index in [1.165, 1.54) is 6.07 Å². The lowest BCUT2D eigenvalue weighted by atomic mass is 10.0. The van der Waals surface area contributed by atoms with E-state index < -0.39 is 6.04 Å². The number of halogens is 1. The van der Waals surface area contributed by atoms with E-state index in [9.17, 15) is 9.18 Å². The van der Waals surface area contributed by atoms with E-state index in [4.69, 9.17) is 9.47 Å². The molecule has 2 aromatic heterocycles. The number of hydrogen-bond acceptors (Lipinski definition) is 8. The van der Waals surface area contributed by atoms with Gasteiger partial charge in [0.2, 0.25) is 0 Å². The van der Waals surface area contributed by atoms with Gasteiger partial charge >= 0.3 is 0 Å². The molecule has 3 heterocycles. The Bertz CT molecular complexity index is 1400. The summed E-state index contributed by atoms with van der Waals surface area (Å²) in [4.78, 5) is 20.6. The van der Waals surface area contributed by atoms with Crippen LogP contribution in [0.1, 0.15) is 17.4 Å². The predicted octanol–water partition coefficient (Wildman–Crippen LogP) is 2.22. The van der Waals surface area contributed by atoms with Crippen LogP contribution in [0.15, 0.2) is 53.3 Å². The number of anilines is 1. The summed E-state index contributed by atoms with van der Waals surface area (Å²) >= 11 is 0. The van der Waals surface area contributed by atoms with Gasteiger partial charge in [0.25, 0.3) is 5.56 Å². The van der Waals surface area contributed by atoms with E-state index in [1.807, 2.05) is 29.2 Å². The highest BCUT2D eigenvalue weighted by Gasteiger charge is 2.33. The lowest BCUT2D eigenvalue weighted by Crippen LogP contribution is -2.49. The molecule has 0 saturated carbocycles. The average molecular weight is 494 g/mol. The van der Waals surface area contributed by atoms with E-state index in [0.717, 1.165) is 5.39 Å². The fraction of sp³-hybridized carbons (Fsp3) is 0.360. The molecule has 1 aliphatic heterocycles. The highest BCUT2D eigenvalue weighted by molar-refractivity contribution is 5.80. The monoisotopic (exact) mass is 493 g/mol. The fourth-order valence-corrected chi connectivity index (χ4v) is 4.70. The highest BCUT2D eigenvalue weighted by atomic mass is 19.1. The van der Waals surface area contributed by atoms with E-state index in [0.29, 0.717) is 67.7 Å². The molecule has 188 valence electrons. The second kappa shape index (κ2) is 10.4. The van der Waals surface area contributed by atoms with Gasteiger partial charge in [-0.25, -0.2) is 9.07 Å². The first-order valence-corrected chi connectivity index (χ1v) is 11.8. The smallest absolute Gasteiger partial charge is 0.253 e. The van der Waals surface area contributed by atoms with Crippen LogP contribution in [0.2, 0.25) is 0 Å². The number of H-pyrrole nitrogens is 1. The first kappa shape index (κ1) is 23.9. The predicted molar refractivity (Wildman–Crippen MR) is 133 cm³/mol. The third-order valence-corrected chi connectivity index (χ3v) is 6.56. The molecule has 0 radical (unpaired) electrons. The Labute approximate surface area is 207 Å². The van der Waals surface area contributed by atoms with Crippen LogP contribution in [-0.2, 0) is 11.3 Å². The number of aromatic nitrogens is 5. The molecular weight excluding hydrogens is 465 g/mol. The third-order valence-electron chi connectivity index (χ3n) is 6.56. The molecule has 1 N–H and O–H groups in total. The van der Waals surface area contributed by atoms with Crippen molar-refractivity contribution in [2.24, 2.45) is 0 Å². The van der Waals surface area contributed by atoms with Gasteiger partial charge in [-0.15, -0.1) is 5.10 Å². The van der Waals surface area contributed by atoms with Gasteiger partial charge in [0.05, 0.1) is 31.5 Å². The molecule has 1 fully saturated rings. The molecule has 1 aliphatic rings. The van der Waals surface area contributed by atoms with Gasteiger partial charge in [0.15, 0.2) is 5.82 Å². The zero-order chi connectivity index (χ0) is 25.1. The molecule has 4 aromatic rings. The molecule has 1 saturated heterocycles. The maximum atomic E-state index is 14.4. The number of fused-ring (bicyclic) bond motifs is 1. The number of pyridine rings is 1. The molecule has 10 nitrogen and oxygen atoms in total. The maximum absolute atomic E-state index is 14.4. The third kappa shape index (κ3) is 4.67. The van der Waals surface area contributed by atoms with Gasteiger partial charge in [-0.3, -0.25) is 9.69 Å². The summed E-state index contributed by atoms with van der Waals surface area (Å²) in [5, 5.41) is 13.2. The minimum Gasteiger partial charge on any atom is -0.497 e. The van der Waals surface area contributed by atoms with Crippen molar-refractivity contribution in [1.29, 1.82) is 0 Å². The van der Waals surface area contributed by atoms with E-state index in [2.05, 4.69) is 25.4 Å².